The number of fused-ring (bicyclic) bond motifs is 1. The number of esters is 1. The average molecular weight is 455 g/mol. The number of rotatable bonds is 6. The molecule has 3 aromatic carbocycles. The highest BCUT2D eigenvalue weighted by Crippen LogP contribution is 2.27. The summed E-state index contributed by atoms with van der Waals surface area (Å²) in [6.07, 6.45) is 3.38. The Morgan fingerprint density at radius 2 is 1.76 bits per heavy atom. The van der Waals surface area contributed by atoms with Crippen LogP contribution in [0.25, 0.3) is 33.4 Å². The number of aromatic amines is 1. The summed E-state index contributed by atoms with van der Waals surface area (Å²) in [6, 6.07) is 21.0. The highest BCUT2D eigenvalue weighted by atomic mass is 32.1. The molecule has 0 unspecified atom stereocenters. The van der Waals surface area contributed by atoms with Gasteiger partial charge in [0.2, 0.25) is 0 Å². The molecule has 0 fully saturated rings. The summed E-state index contributed by atoms with van der Waals surface area (Å²) >= 11 is 1.32. The van der Waals surface area contributed by atoms with E-state index in [1.165, 1.54) is 11.3 Å². The lowest BCUT2D eigenvalue weighted by atomic mass is 10.1. The monoisotopic (exact) mass is 454 g/mol. The van der Waals surface area contributed by atoms with Crippen molar-refractivity contribution >= 4 is 39.1 Å². The predicted octanol–water partition coefficient (Wildman–Crippen LogP) is 5.15. The highest BCUT2D eigenvalue weighted by Gasteiger charge is 2.13. The lowest BCUT2D eigenvalue weighted by molar-refractivity contribution is -0.119. The number of H-pyrrole nitrogens is 1. The number of ether oxygens (including phenoxy) is 1. The minimum absolute atomic E-state index is 0.353. The van der Waals surface area contributed by atoms with E-state index in [1.807, 2.05) is 35.7 Å². The zero-order chi connectivity index (χ0) is 22.6. The van der Waals surface area contributed by atoms with E-state index < -0.39 is 18.5 Å². The number of nitrogens with one attached hydrogen (secondary N) is 2. The fourth-order valence-corrected chi connectivity index (χ4v) is 4.11. The number of hydrogen-bond acceptors (Lipinski definition) is 6. The number of hydrogen-bond donors (Lipinski definition) is 2. The Kier molecular flexibility index (Phi) is 5.65. The fraction of sp³-hybridized carbons (Fsp3) is 0.0400. The van der Waals surface area contributed by atoms with E-state index >= 15 is 0 Å². The van der Waals surface area contributed by atoms with E-state index in [-0.39, 0.29) is 0 Å². The molecule has 2 N–H and O–H groups in total. The SMILES string of the molecule is O=C(COC(=O)c1ccc(-c2ncc[nH]2)cc1)Nc1nc(-c2ccc3ccccc3c2)cs1. The Bertz CT molecular complexity index is 1430. The molecule has 0 saturated carbocycles. The predicted molar refractivity (Wildman–Crippen MR) is 128 cm³/mol. The quantitative estimate of drug-likeness (QED) is 0.346. The highest BCUT2D eigenvalue weighted by molar-refractivity contribution is 7.14. The van der Waals surface area contributed by atoms with Crippen molar-refractivity contribution in [3.05, 3.63) is 90.1 Å². The van der Waals surface area contributed by atoms with Gasteiger partial charge in [-0.15, -0.1) is 11.3 Å². The first-order valence-corrected chi connectivity index (χ1v) is 11.1. The third-order valence-corrected chi connectivity index (χ3v) is 5.78. The van der Waals surface area contributed by atoms with Gasteiger partial charge >= 0.3 is 5.97 Å². The number of benzene rings is 3. The molecule has 5 rings (SSSR count). The minimum atomic E-state index is -0.577. The standard InChI is InChI=1S/C25H18N4O3S/c30-22(14-32-24(31)18-8-6-17(7-9-18)23-26-11-12-27-23)29-25-28-21(15-33-25)20-10-5-16-3-1-2-4-19(16)13-20/h1-13,15H,14H2,(H,26,27)(H,28,29,30). The fourth-order valence-electron chi connectivity index (χ4n) is 3.37. The van der Waals surface area contributed by atoms with E-state index in [0.29, 0.717) is 16.5 Å². The van der Waals surface area contributed by atoms with E-state index in [2.05, 4.69) is 32.4 Å². The van der Waals surface area contributed by atoms with Gasteiger partial charge in [-0.1, -0.05) is 48.5 Å². The third-order valence-electron chi connectivity index (χ3n) is 5.02. The Morgan fingerprint density at radius 3 is 2.55 bits per heavy atom. The maximum atomic E-state index is 12.3. The van der Waals surface area contributed by atoms with Crippen molar-refractivity contribution in [3.63, 3.8) is 0 Å². The molecule has 2 aromatic heterocycles. The normalized spacial score (nSPS) is 10.8. The summed E-state index contributed by atoms with van der Waals surface area (Å²) in [5.41, 5.74) is 2.94. The van der Waals surface area contributed by atoms with Gasteiger partial charge in [-0.2, -0.15) is 0 Å². The van der Waals surface area contributed by atoms with E-state index in [1.54, 1.807) is 36.7 Å². The summed E-state index contributed by atoms with van der Waals surface area (Å²) in [7, 11) is 0. The van der Waals surface area contributed by atoms with Crippen LogP contribution in [0.15, 0.2) is 84.5 Å². The number of aromatic nitrogens is 3. The van der Waals surface area contributed by atoms with Gasteiger partial charge in [0.15, 0.2) is 11.7 Å². The number of anilines is 1. The summed E-state index contributed by atoms with van der Waals surface area (Å²) in [6.45, 7) is -0.399. The van der Waals surface area contributed by atoms with E-state index in [9.17, 15) is 9.59 Å². The van der Waals surface area contributed by atoms with Crippen molar-refractivity contribution in [2.75, 3.05) is 11.9 Å². The van der Waals surface area contributed by atoms with Crippen LogP contribution in [-0.4, -0.2) is 33.4 Å². The van der Waals surface area contributed by atoms with Crippen LogP contribution in [0, 0.1) is 0 Å². The zero-order valence-corrected chi connectivity index (χ0v) is 18.1. The summed E-state index contributed by atoms with van der Waals surface area (Å²) in [4.78, 5) is 36.2. The van der Waals surface area contributed by atoms with Crippen LogP contribution in [-0.2, 0) is 9.53 Å². The van der Waals surface area contributed by atoms with Crippen molar-refractivity contribution in [2.45, 2.75) is 0 Å². The molecule has 0 aliphatic rings. The van der Waals surface area contributed by atoms with Gasteiger partial charge in [0.25, 0.3) is 5.91 Å². The largest absolute Gasteiger partial charge is 0.452 e. The molecule has 33 heavy (non-hydrogen) atoms. The first-order chi connectivity index (χ1) is 16.2. The molecule has 0 saturated heterocycles. The molecule has 0 radical (unpaired) electrons. The van der Waals surface area contributed by atoms with Gasteiger partial charge in [0.05, 0.1) is 11.3 Å². The summed E-state index contributed by atoms with van der Waals surface area (Å²) in [5, 5.41) is 7.29. The van der Waals surface area contributed by atoms with Crippen LogP contribution in [0.4, 0.5) is 5.13 Å². The Morgan fingerprint density at radius 1 is 0.970 bits per heavy atom. The summed E-state index contributed by atoms with van der Waals surface area (Å²) < 4.78 is 5.13. The van der Waals surface area contributed by atoms with Crippen LogP contribution in [0.2, 0.25) is 0 Å². The summed E-state index contributed by atoms with van der Waals surface area (Å²) in [5.74, 6) is -0.317. The molecule has 7 nitrogen and oxygen atoms in total. The number of nitrogens with zero attached hydrogens (tertiary/aromatic N) is 2. The molecule has 0 atom stereocenters. The molecular formula is C25H18N4O3S. The second-order valence-electron chi connectivity index (χ2n) is 7.24. The first kappa shape index (κ1) is 20.6. The molecule has 8 heteroatoms. The van der Waals surface area contributed by atoms with Crippen LogP contribution in [0.5, 0.6) is 0 Å². The van der Waals surface area contributed by atoms with E-state index in [4.69, 9.17) is 4.74 Å². The Labute approximate surface area is 193 Å². The molecule has 0 aliphatic heterocycles. The third kappa shape index (κ3) is 4.65. The number of imidazole rings is 1. The van der Waals surface area contributed by atoms with Crippen LogP contribution < -0.4 is 5.32 Å². The van der Waals surface area contributed by atoms with E-state index in [0.717, 1.165) is 27.6 Å². The molecule has 0 bridgehead atoms. The van der Waals surface area contributed by atoms with Crippen LogP contribution in [0.1, 0.15) is 10.4 Å². The second-order valence-corrected chi connectivity index (χ2v) is 8.10. The maximum Gasteiger partial charge on any atom is 0.338 e. The lowest BCUT2D eigenvalue weighted by Crippen LogP contribution is -2.20. The zero-order valence-electron chi connectivity index (χ0n) is 17.3. The second kappa shape index (κ2) is 9.05. The Balaban J connectivity index is 1.17. The number of carbonyl (C=O) groups is 2. The molecule has 0 aliphatic carbocycles. The topological polar surface area (TPSA) is 97.0 Å². The molecular weight excluding hydrogens is 436 g/mol. The molecule has 5 aromatic rings. The lowest BCUT2D eigenvalue weighted by Gasteiger charge is -2.05. The van der Waals surface area contributed by atoms with Gasteiger partial charge in [0, 0.05) is 28.9 Å². The van der Waals surface area contributed by atoms with Gasteiger partial charge < -0.3 is 9.72 Å². The Hall–Kier alpha value is -4.30. The van der Waals surface area contributed by atoms with Crippen molar-refractivity contribution in [3.8, 4) is 22.6 Å². The van der Waals surface area contributed by atoms with Crippen LogP contribution >= 0.6 is 11.3 Å². The van der Waals surface area contributed by atoms with Gasteiger partial charge in [-0.25, -0.2) is 14.8 Å². The van der Waals surface area contributed by atoms with Crippen molar-refractivity contribution in [1.29, 1.82) is 0 Å². The molecule has 1 amide bonds. The number of amides is 1. The van der Waals surface area contributed by atoms with Crippen molar-refractivity contribution in [1.82, 2.24) is 15.0 Å². The number of carbonyl (C=O) groups excluding carboxylic acids is 2. The minimum Gasteiger partial charge on any atom is -0.452 e. The smallest absolute Gasteiger partial charge is 0.338 e. The first-order valence-electron chi connectivity index (χ1n) is 10.2. The van der Waals surface area contributed by atoms with Crippen LogP contribution in [0.3, 0.4) is 0 Å². The number of thiazole rings is 1. The molecule has 0 spiro atoms. The maximum absolute atomic E-state index is 12.3. The van der Waals surface area contributed by atoms with Gasteiger partial charge in [-0.05, 0) is 29.0 Å². The molecule has 162 valence electrons. The van der Waals surface area contributed by atoms with Crippen molar-refractivity contribution in [2.24, 2.45) is 0 Å². The van der Waals surface area contributed by atoms with Gasteiger partial charge in [-0.3, -0.25) is 10.1 Å². The van der Waals surface area contributed by atoms with Gasteiger partial charge in [0.1, 0.15) is 5.82 Å². The van der Waals surface area contributed by atoms with Crippen molar-refractivity contribution < 1.29 is 14.3 Å². The average Bonchev–Trinajstić information content (AvgIpc) is 3.55. The molecule has 2 heterocycles.